The van der Waals surface area contributed by atoms with Crippen LogP contribution in [0.2, 0.25) is 0 Å². The van der Waals surface area contributed by atoms with Crippen molar-refractivity contribution >= 4 is 0 Å². The van der Waals surface area contributed by atoms with Crippen LogP contribution in [0.1, 0.15) is 51.1 Å². The average Bonchev–Trinajstić information content (AvgIpc) is 2.40. The predicted molar refractivity (Wildman–Crippen MR) is 75.6 cm³/mol. The lowest BCUT2D eigenvalue weighted by molar-refractivity contribution is -0.00477. The van der Waals surface area contributed by atoms with E-state index in [0.717, 1.165) is 37.9 Å². The molecular weight excluding hydrogens is 241 g/mol. The molecular formula is C16H24FNO. The molecule has 1 aliphatic rings. The van der Waals surface area contributed by atoms with Crippen LogP contribution < -0.4 is 5.32 Å². The molecule has 2 rings (SSSR count). The summed E-state index contributed by atoms with van der Waals surface area (Å²) in [5.41, 5.74) is 0.751. The van der Waals surface area contributed by atoms with Crippen LogP contribution in [0.4, 0.5) is 4.39 Å². The van der Waals surface area contributed by atoms with Gasteiger partial charge in [-0.25, -0.2) is 4.39 Å². The van der Waals surface area contributed by atoms with E-state index in [9.17, 15) is 4.39 Å². The molecule has 3 heteroatoms. The van der Waals surface area contributed by atoms with Crippen molar-refractivity contribution in [1.29, 1.82) is 0 Å². The van der Waals surface area contributed by atoms with Crippen LogP contribution in [-0.4, -0.2) is 18.8 Å². The second kappa shape index (κ2) is 7.01. The van der Waals surface area contributed by atoms with Gasteiger partial charge in [-0.2, -0.15) is 0 Å². The van der Waals surface area contributed by atoms with Gasteiger partial charge in [-0.3, -0.25) is 0 Å². The Labute approximate surface area is 115 Å². The van der Waals surface area contributed by atoms with E-state index in [1.54, 1.807) is 6.07 Å². The van der Waals surface area contributed by atoms with E-state index in [0.29, 0.717) is 12.1 Å². The second-order valence-electron chi connectivity index (χ2n) is 5.41. The van der Waals surface area contributed by atoms with Crippen molar-refractivity contribution in [3.05, 3.63) is 35.6 Å². The first-order valence-electron chi connectivity index (χ1n) is 7.32. The lowest BCUT2D eigenvalue weighted by Gasteiger charge is -2.32. The summed E-state index contributed by atoms with van der Waals surface area (Å²) in [7, 11) is 0. The first-order valence-corrected chi connectivity index (χ1v) is 7.32. The van der Waals surface area contributed by atoms with E-state index in [1.807, 2.05) is 19.1 Å². The summed E-state index contributed by atoms with van der Waals surface area (Å²) in [5.74, 6) is -0.125. The number of nitrogens with one attached hydrogen (secondary N) is 1. The monoisotopic (exact) mass is 265 g/mol. The van der Waals surface area contributed by atoms with Gasteiger partial charge in [-0.15, -0.1) is 0 Å². The average molecular weight is 265 g/mol. The number of hydrogen-bond donors (Lipinski definition) is 1. The Balaban J connectivity index is 1.91. The summed E-state index contributed by atoms with van der Waals surface area (Å²) < 4.78 is 19.5. The van der Waals surface area contributed by atoms with Crippen LogP contribution in [-0.2, 0) is 4.74 Å². The van der Waals surface area contributed by atoms with Crippen molar-refractivity contribution in [2.75, 3.05) is 6.61 Å². The highest BCUT2D eigenvalue weighted by Crippen LogP contribution is 2.22. The minimum atomic E-state index is -0.125. The fraction of sp³-hybridized carbons (Fsp3) is 0.625. The third-order valence-electron chi connectivity index (χ3n) is 3.84. The minimum absolute atomic E-state index is 0.0478. The zero-order valence-corrected chi connectivity index (χ0v) is 11.9. The van der Waals surface area contributed by atoms with Gasteiger partial charge >= 0.3 is 0 Å². The lowest BCUT2D eigenvalue weighted by atomic mass is 9.98. The van der Waals surface area contributed by atoms with Gasteiger partial charge in [0.2, 0.25) is 0 Å². The highest BCUT2D eigenvalue weighted by Gasteiger charge is 2.23. The number of ether oxygens (including phenoxy) is 1. The fourth-order valence-corrected chi connectivity index (χ4v) is 2.82. The fourth-order valence-electron chi connectivity index (χ4n) is 2.82. The Hall–Kier alpha value is -0.930. The van der Waals surface area contributed by atoms with Crippen LogP contribution in [0.3, 0.4) is 0 Å². The van der Waals surface area contributed by atoms with Crippen molar-refractivity contribution < 1.29 is 9.13 Å². The van der Waals surface area contributed by atoms with E-state index in [1.165, 1.54) is 6.07 Å². The van der Waals surface area contributed by atoms with Crippen LogP contribution in [0.5, 0.6) is 0 Å². The SMILES string of the molecule is CCCC1CC(N[C@H](C)c2ccccc2F)CCO1. The van der Waals surface area contributed by atoms with Gasteiger partial charge in [-0.05, 0) is 32.3 Å². The first kappa shape index (κ1) is 14.5. The standard InChI is InChI=1S/C16H24FNO/c1-3-6-14-11-13(9-10-19-14)18-12(2)15-7-4-5-8-16(15)17/h4-5,7-8,12-14,18H,3,6,9-11H2,1-2H3/t12-,13?,14?/m1/s1. The molecule has 1 N–H and O–H groups in total. The maximum Gasteiger partial charge on any atom is 0.127 e. The Morgan fingerprint density at radius 3 is 2.95 bits per heavy atom. The third kappa shape index (κ3) is 4.02. The Morgan fingerprint density at radius 1 is 1.42 bits per heavy atom. The van der Waals surface area contributed by atoms with Gasteiger partial charge in [0.1, 0.15) is 5.82 Å². The second-order valence-corrected chi connectivity index (χ2v) is 5.41. The number of hydrogen-bond acceptors (Lipinski definition) is 2. The number of rotatable bonds is 5. The molecule has 0 amide bonds. The summed E-state index contributed by atoms with van der Waals surface area (Å²) in [6.45, 7) is 5.03. The molecule has 2 nitrogen and oxygen atoms in total. The summed E-state index contributed by atoms with van der Waals surface area (Å²) >= 11 is 0. The molecule has 0 aliphatic carbocycles. The number of benzene rings is 1. The zero-order valence-electron chi connectivity index (χ0n) is 11.9. The van der Waals surface area contributed by atoms with E-state index in [4.69, 9.17) is 4.74 Å². The van der Waals surface area contributed by atoms with Crippen molar-refractivity contribution in [2.24, 2.45) is 0 Å². The summed E-state index contributed by atoms with van der Waals surface area (Å²) in [4.78, 5) is 0. The molecule has 3 atom stereocenters. The van der Waals surface area contributed by atoms with Crippen LogP contribution in [0.25, 0.3) is 0 Å². The molecule has 0 spiro atoms. The summed E-state index contributed by atoms with van der Waals surface area (Å²) in [6.07, 6.45) is 4.68. The summed E-state index contributed by atoms with van der Waals surface area (Å²) in [6, 6.07) is 7.48. The largest absolute Gasteiger partial charge is 0.378 e. The highest BCUT2D eigenvalue weighted by atomic mass is 19.1. The Bertz CT molecular complexity index is 394. The molecule has 19 heavy (non-hydrogen) atoms. The molecule has 0 bridgehead atoms. The van der Waals surface area contributed by atoms with Crippen LogP contribution in [0.15, 0.2) is 24.3 Å². The molecule has 0 aromatic heterocycles. The summed E-state index contributed by atoms with van der Waals surface area (Å²) in [5, 5.41) is 3.54. The van der Waals surface area contributed by atoms with E-state index >= 15 is 0 Å². The van der Waals surface area contributed by atoms with Crippen molar-refractivity contribution in [3.63, 3.8) is 0 Å². The van der Waals surface area contributed by atoms with Gasteiger partial charge < -0.3 is 10.1 Å². The molecule has 1 heterocycles. The normalized spacial score (nSPS) is 25.2. The molecule has 2 unspecified atom stereocenters. The van der Waals surface area contributed by atoms with Gasteiger partial charge in [-0.1, -0.05) is 31.5 Å². The Morgan fingerprint density at radius 2 is 2.21 bits per heavy atom. The quantitative estimate of drug-likeness (QED) is 0.873. The molecule has 1 fully saturated rings. The van der Waals surface area contributed by atoms with Crippen molar-refractivity contribution in [3.8, 4) is 0 Å². The Kier molecular flexibility index (Phi) is 5.34. The maximum absolute atomic E-state index is 13.7. The predicted octanol–water partition coefficient (Wildman–Crippen LogP) is 3.82. The van der Waals surface area contributed by atoms with Crippen LogP contribution >= 0.6 is 0 Å². The van der Waals surface area contributed by atoms with E-state index in [2.05, 4.69) is 12.2 Å². The van der Waals surface area contributed by atoms with Gasteiger partial charge in [0.25, 0.3) is 0 Å². The van der Waals surface area contributed by atoms with Crippen LogP contribution in [0, 0.1) is 5.82 Å². The van der Waals surface area contributed by atoms with Gasteiger partial charge in [0.05, 0.1) is 6.10 Å². The first-order chi connectivity index (χ1) is 9.20. The highest BCUT2D eigenvalue weighted by molar-refractivity contribution is 5.20. The molecule has 1 aromatic carbocycles. The van der Waals surface area contributed by atoms with Crippen molar-refractivity contribution in [2.45, 2.75) is 57.7 Å². The van der Waals surface area contributed by atoms with Crippen molar-refractivity contribution in [1.82, 2.24) is 5.32 Å². The van der Waals surface area contributed by atoms with E-state index < -0.39 is 0 Å². The van der Waals surface area contributed by atoms with Gasteiger partial charge in [0.15, 0.2) is 0 Å². The molecule has 1 aromatic rings. The maximum atomic E-state index is 13.7. The topological polar surface area (TPSA) is 21.3 Å². The zero-order chi connectivity index (χ0) is 13.7. The third-order valence-corrected chi connectivity index (χ3v) is 3.84. The molecule has 1 saturated heterocycles. The smallest absolute Gasteiger partial charge is 0.127 e. The van der Waals surface area contributed by atoms with Gasteiger partial charge in [0, 0.05) is 24.3 Å². The molecule has 1 aliphatic heterocycles. The molecule has 106 valence electrons. The lowest BCUT2D eigenvalue weighted by Crippen LogP contribution is -2.40. The number of halogens is 1. The van der Waals surface area contributed by atoms with E-state index in [-0.39, 0.29) is 11.9 Å². The molecule has 0 saturated carbocycles. The molecule has 0 radical (unpaired) electrons. The minimum Gasteiger partial charge on any atom is -0.378 e.